The smallest absolute Gasteiger partial charge is 0.133 e. The SMILES string of the molecule is C=C1C2=C(CCN(Cc3c(F)cc(F)cc3F)C2)N=C(C)N1C(c1ccccc1)c1ccccc1. The molecule has 0 aliphatic carbocycles. The maximum atomic E-state index is 14.3. The van der Waals surface area contributed by atoms with Crippen molar-refractivity contribution < 1.29 is 13.2 Å². The van der Waals surface area contributed by atoms with Crippen LogP contribution in [0.5, 0.6) is 0 Å². The molecule has 178 valence electrons. The lowest BCUT2D eigenvalue weighted by molar-refractivity contribution is 0.261. The number of nitrogens with zero attached hydrogens (tertiary/aromatic N) is 3. The minimum Gasteiger partial charge on any atom is -0.319 e. The summed E-state index contributed by atoms with van der Waals surface area (Å²) < 4.78 is 42.0. The third-order valence-corrected chi connectivity index (χ3v) is 6.66. The monoisotopic (exact) mass is 473 g/mol. The quantitative estimate of drug-likeness (QED) is 0.416. The fourth-order valence-corrected chi connectivity index (χ4v) is 4.97. The molecule has 0 saturated carbocycles. The van der Waals surface area contributed by atoms with E-state index >= 15 is 0 Å². The standard InChI is InChI=1S/C29H26F3N3/c1-19-24-17-34(18-25-26(31)15-23(30)16-27(25)32)14-13-28(24)33-20(2)35(19)29(21-9-5-3-6-10-21)22-11-7-4-8-12-22/h3-12,15-16,29H,1,13-14,17-18H2,2H3. The van der Waals surface area contributed by atoms with Gasteiger partial charge in [-0.05, 0) is 18.1 Å². The summed E-state index contributed by atoms with van der Waals surface area (Å²) in [5.41, 5.74) is 4.85. The second kappa shape index (κ2) is 9.55. The number of hydrogen-bond acceptors (Lipinski definition) is 3. The van der Waals surface area contributed by atoms with Crippen LogP contribution in [0.3, 0.4) is 0 Å². The Kier molecular flexibility index (Phi) is 6.31. The molecule has 5 rings (SSSR count). The fraction of sp³-hybridized carbons (Fsp3) is 0.207. The summed E-state index contributed by atoms with van der Waals surface area (Å²) in [4.78, 5) is 9.03. The molecule has 6 heteroatoms. The largest absolute Gasteiger partial charge is 0.319 e. The molecule has 0 fully saturated rings. The fourth-order valence-electron chi connectivity index (χ4n) is 4.97. The van der Waals surface area contributed by atoms with Crippen LogP contribution in [0, 0.1) is 17.5 Å². The molecule has 0 spiro atoms. The Morgan fingerprint density at radius 3 is 2.06 bits per heavy atom. The minimum absolute atomic E-state index is 0.0471. The zero-order chi connectivity index (χ0) is 24.5. The van der Waals surface area contributed by atoms with E-state index in [-0.39, 0.29) is 18.2 Å². The van der Waals surface area contributed by atoms with Crippen molar-refractivity contribution in [1.82, 2.24) is 9.80 Å². The molecule has 2 aliphatic heterocycles. The Morgan fingerprint density at radius 1 is 0.914 bits per heavy atom. The number of benzene rings is 3. The van der Waals surface area contributed by atoms with Gasteiger partial charge in [-0.1, -0.05) is 67.2 Å². The van der Waals surface area contributed by atoms with E-state index in [1.54, 1.807) is 0 Å². The number of amidine groups is 1. The first kappa shape index (κ1) is 23.1. The van der Waals surface area contributed by atoms with Gasteiger partial charge in [0.15, 0.2) is 0 Å². The van der Waals surface area contributed by atoms with E-state index in [0.29, 0.717) is 19.5 Å². The Balaban J connectivity index is 1.46. The van der Waals surface area contributed by atoms with Crippen molar-refractivity contribution in [1.29, 1.82) is 0 Å². The molecule has 2 heterocycles. The highest BCUT2D eigenvalue weighted by Crippen LogP contribution is 2.39. The summed E-state index contributed by atoms with van der Waals surface area (Å²) >= 11 is 0. The number of rotatable bonds is 5. The van der Waals surface area contributed by atoms with Crippen molar-refractivity contribution in [2.24, 2.45) is 4.99 Å². The van der Waals surface area contributed by atoms with E-state index in [0.717, 1.165) is 46.1 Å². The molecule has 0 radical (unpaired) electrons. The van der Waals surface area contributed by atoms with Gasteiger partial charge in [-0.2, -0.15) is 0 Å². The molecule has 0 atom stereocenters. The van der Waals surface area contributed by atoms with Crippen molar-refractivity contribution in [3.05, 3.63) is 130 Å². The molecule has 35 heavy (non-hydrogen) atoms. The molecule has 3 aromatic rings. The average Bonchev–Trinajstić information content (AvgIpc) is 2.85. The first-order valence-corrected chi connectivity index (χ1v) is 11.6. The highest BCUT2D eigenvalue weighted by molar-refractivity contribution is 5.86. The van der Waals surface area contributed by atoms with Gasteiger partial charge in [0.25, 0.3) is 0 Å². The second-order valence-corrected chi connectivity index (χ2v) is 8.93. The van der Waals surface area contributed by atoms with Crippen LogP contribution >= 0.6 is 0 Å². The molecule has 0 unspecified atom stereocenters. The summed E-state index contributed by atoms with van der Waals surface area (Å²) in [5.74, 6) is -1.79. The van der Waals surface area contributed by atoms with Gasteiger partial charge in [0.1, 0.15) is 23.3 Å². The van der Waals surface area contributed by atoms with Crippen LogP contribution in [0.1, 0.15) is 36.1 Å². The van der Waals surface area contributed by atoms with Gasteiger partial charge in [0, 0.05) is 55.0 Å². The predicted molar refractivity (Wildman–Crippen MR) is 132 cm³/mol. The third-order valence-electron chi connectivity index (χ3n) is 6.66. The molecule has 0 amide bonds. The van der Waals surface area contributed by atoms with Gasteiger partial charge in [0.2, 0.25) is 0 Å². The minimum atomic E-state index is -0.915. The molecule has 0 bridgehead atoms. The first-order chi connectivity index (χ1) is 16.9. The van der Waals surface area contributed by atoms with Crippen LogP contribution in [0.15, 0.2) is 101 Å². The zero-order valence-electron chi connectivity index (χ0n) is 19.5. The maximum Gasteiger partial charge on any atom is 0.133 e. The van der Waals surface area contributed by atoms with Crippen molar-refractivity contribution >= 4 is 5.84 Å². The molecule has 3 nitrogen and oxygen atoms in total. The van der Waals surface area contributed by atoms with Crippen molar-refractivity contribution in [3.63, 3.8) is 0 Å². The van der Waals surface area contributed by atoms with Gasteiger partial charge >= 0.3 is 0 Å². The van der Waals surface area contributed by atoms with Crippen LogP contribution in [0.4, 0.5) is 13.2 Å². The third kappa shape index (κ3) is 4.54. The first-order valence-electron chi connectivity index (χ1n) is 11.6. The number of aliphatic imine (C=N–C) groups is 1. The highest BCUT2D eigenvalue weighted by atomic mass is 19.1. The average molecular weight is 474 g/mol. The summed E-state index contributed by atoms with van der Waals surface area (Å²) in [5, 5.41) is 0. The Labute approximate surface area is 203 Å². The topological polar surface area (TPSA) is 18.8 Å². The molecular weight excluding hydrogens is 447 g/mol. The van der Waals surface area contributed by atoms with Crippen molar-refractivity contribution in [2.45, 2.75) is 25.9 Å². The lowest BCUT2D eigenvalue weighted by atomic mass is 9.93. The molecular formula is C29H26F3N3. The number of halogens is 3. The van der Waals surface area contributed by atoms with Crippen LogP contribution < -0.4 is 0 Å². The van der Waals surface area contributed by atoms with E-state index in [1.807, 2.05) is 48.2 Å². The van der Waals surface area contributed by atoms with Crippen LogP contribution in [-0.4, -0.2) is 28.7 Å². The summed E-state index contributed by atoms with van der Waals surface area (Å²) in [6.07, 6.45) is 0.644. The van der Waals surface area contributed by atoms with Crippen LogP contribution in [0.25, 0.3) is 0 Å². The van der Waals surface area contributed by atoms with Crippen molar-refractivity contribution in [3.8, 4) is 0 Å². The predicted octanol–water partition coefficient (Wildman–Crippen LogP) is 6.60. The second-order valence-electron chi connectivity index (χ2n) is 8.93. The zero-order valence-corrected chi connectivity index (χ0v) is 19.5. The Bertz CT molecular complexity index is 1250. The molecule has 0 N–H and O–H groups in total. The Hall–Kier alpha value is -3.64. The Morgan fingerprint density at radius 2 is 1.49 bits per heavy atom. The highest BCUT2D eigenvalue weighted by Gasteiger charge is 2.34. The summed E-state index contributed by atoms with van der Waals surface area (Å²) in [6.45, 7) is 7.54. The summed E-state index contributed by atoms with van der Waals surface area (Å²) in [6, 6.07) is 21.8. The van der Waals surface area contributed by atoms with Gasteiger partial charge < -0.3 is 4.90 Å². The lowest BCUT2D eigenvalue weighted by Gasteiger charge is -2.42. The molecule has 2 aliphatic rings. The summed E-state index contributed by atoms with van der Waals surface area (Å²) in [7, 11) is 0. The lowest BCUT2D eigenvalue weighted by Crippen LogP contribution is -2.41. The van der Waals surface area contributed by atoms with Gasteiger partial charge in [-0.15, -0.1) is 0 Å². The van der Waals surface area contributed by atoms with Crippen LogP contribution in [-0.2, 0) is 6.54 Å². The van der Waals surface area contributed by atoms with E-state index < -0.39 is 17.5 Å². The van der Waals surface area contributed by atoms with E-state index in [4.69, 9.17) is 4.99 Å². The number of hydrogen-bond donors (Lipinski definition) is 0. The maximum absolute atomic E-state index is 14.3. The van der Waals surface area contributed by atoms with Gasteiger partial charge in [0.05, 0.1) is 11.7 Å². The van der Waals surface area contributed by atoms with Crippen molar-refractivity contribution in [2.75, 3.05) is 13.1 Å². The van der Waals surface area contributed by atoms with Crippen LogP contribution in [0.2, 0.25) is 0 Å². The molecule has 3 aromatic carbocycles. The molecule has 0 saturated heterocycles. The normalized spacial score (nSPS) is 16.5. The van der Waals surface area contributed by atoms with Gasteiger partial charge in [-0.25, -0.2) is 18.2 Å². The van der Waals surface area contributed by atoms with E-state index in [1.165, 1.54) is 0 Å². The van der Waals surface area contributed by atoms with E-state index in [9.17, 15) is 13.2 Å². The van der Waals surface area contributed by atoms with Gasteiger partial charge in [-0.3, -0.25) is 4.90 Å². The molecule has 0 aromatic heterocycles. The van der Waals surface area contributed by atoms with E-state index in [2.05, 4.69) is 35.7 Å².